The molecule has 0 saturated carbocycles. The minimum absolute atomic E-state index is 0. The summed E-state index contributed by atoms with van der Waals surface area (Å²) in [7, 11) is 0. The molecule has 2 saturated heterocycles. The SMILES string of the molecule is Cc1ncsc1-c1ccc(CNC(=O)[C@@H]2C[C@@H](O)CN2C(=O)[C@@H](NC(=O)[C@@H]2COCCN2)C(C)(C)C)cc1.Cl. The van der Waals surface area contributed by atoms with Gasteiger partial charge in [0, 0.05) is 26.1 Å². The highest BCUT2D eigenvalue weighted by Crippen LogP contribution is 2.28. The second-order valence-electron chi connectivity index (χ2n) is 11.0. The molecule has 0 radical (unpaired) electrons. The number of likely N-dealkylation sites (tertiary alicyclic amines) is 1. The predicted molar refractivity (Wildman–Crippen MR) is 152 cm³/mol. The number of amides is 3. The topological polar surface area (TPSA) is 133 Å². The maximum atomic E-state index is 13.7. The van der Waals surface area contributed by atoms with Crippen LogP contribution in [-0.4, -0.2) is 83.2 Å². The molecular formula is C27H38ClN5O5S. The Morgan fingerprint density at radius 3 is 2.54 bits per heavy atom. The van der Waals surface area contributed by atoms with Gasteiger partial charge < -0.3 is 30.7 Å². The number of thiazole rings is 1. The van der Waals surface area contributed by atoms with Crippen LogP contribution in [0.4, 0.5) is 0 Å². The number of aliphatic hydroxyl groups is 1. The Bertz CT molecular complexity index is 1150. The van der Waals surface area contributed by atoms with E-state index in [0.717, 1.165) is 21.7 Å². The van der Waals surface area contributed by atoms with Gasteiger partial charge in [-0.2, -0.15) is 0 Å². The van der Waals surface area contributed by atoms with Crippen LogP contribution in [0.5, 0.6) is 0 Å². The monoisotopic (exact) mass is 579 g/mol. The molecule has 1 aromatic heterocycles. The zero-order valence-corrected chi connectivity index (χ0v) is 24.4. The van der Waals surface area contributed by atoms with Gasteiger partial charge in [-0.15, -0.1) is 23.7 Å². The number of hydrogen-bond acceptors (Lipinski definition) is 8. The van der Waals surface area contributed by atoms with E-state index in [9.17, 15) is 19.5 Å². The Labute approximate surface area is 239 Å². The Hall–Kier alpha value is -2.57. The third kappa shape index (κ3) is 7.55. The summed E-state index contributed by atoms with van der Waals surface area (Å²) in [6, 6.07) is 5.66. The minimum Gasteiger partial charge on any atom is -0.391 e. The van der Waals surface area contributed by atoms with Crippen molar-refractivity contribution in [2.75, 3.05) is 26.3 Å². The fraction of sp³-hybridized carbons (Fsp3) is 0.556. The predicted octanol–water partition coefficient (Wildman–Crippen LogP) is 1.64. The third-order valence-electron chi connectivity index (χ3n) is 6.93. The average molecular weight is 580 g/mol. The number of aryl methyl sites for hydroxylation is 1. The summed E-state index contributed by atoms with van der Waals surface area (Å²) < 4.78 is 5.38. The number of nitrogens with one attached hydrogen (secondary N) is 3. The van der Waals surface area contributed by atoms with Gasteiger partial charge in [0.25, 0.3) is 0 Å². The van der Waals surface area contributed by atoms with Gasteiger partial charge in [0.15, 0.2) is 0 Å². The molecule has 2 aromatic rings. The van der Waals surface area contributed by atoms with Gasteiger partial charge in [-0.1, -0.05) is 45.0 Å². The normalized spacial score (nSPS) is 22.1. The van der Waals surface area contributed by atoms with E-state index in [1.165, 1.54) is 4.90 Å². The first-order valence-corrected chi connectivity index (χ1v) is 13.8. The van der Waals surface area contributed by atoms with E-state index in [4.69, 9.17) is 4.74 Å². The van der Waals surface area contributed by atoms with Crippen molar-refractivity contribution >= 4 is 41.5 Å². The molecular weight excluding hydrogens is 542 g/mol. The van der Waals surface area contributed by atoms with Crippen molar-refractivity contribution in [2.24, 2.45) is 5.41 Å². The number of aliphatic hydroxyl groups excluding tert-OH is 1. The number of ether oxygens (including phenoxy) is 1. The van der Waals surface area contributed by atoms with Crippen molar-refractivity contribution in [3.63, 3.8) is 0 Å². The summed E-state index contributed by atoms with van der Waals surface area (Å²) in [5, 5.41) is 19.3. The van der Waals surface area contributed by atoms with Crippen molar-refractivity contribution in [1.29, 1.82) is 0 Å². The first kappa shape index (κ1) is 31.0. The highest BCUT2D eigenvalue weighted by atomic mass is 35.5. The number of halogens is 1. The fourth-order valence-corrected chi connectivity index (χ4v) is 5.57. The lowest BCUT2D eigenvalue weighted by Gasteiger charge is -2.36. The molecule has 10 nitrogen and oxygen atoms in total. The average Bonchev–Trinajstić information content (AvgIpc) is 3.50. The number of morpholine rings is 1. The zero-order valence-electron chi connectivity index (χ0n) is 22.7. The summed E-state index contributed by atoms with van der Waals surface area (Å²) in [4.78, 5) is 46.5. The lowest BCUT2D eigenvalue weighted by molar-refractivity contribution is -0.144. The molecule has 3 amide bonds. The number of rotatable bonds is 7. The van der Waals surface area contributed by atoms with E-state index in [1.807, 2.05) is 57.5 Å². The van der Waals surface area contributed by atoms with E-state index in [2.05, 4.69) is 20.9 Å². The fourth-order valence-electron chi connectivity index (χ4n) is 4.76. The van der Waals surface area contributed by atoms with Crippen molar-refractivity contribution in [3.05, 3.63) is 41.0 Å². The molecule has 4 N–H and O–H groups in total. The summed E-state index contributed by atoms with van der Waals surface area (Å²) >= 11 is 1.58. The van der Waals surface area contributed by atoms with Crippen LogP contribution in [0.25, 0.3) is 10.4 Å². The molecule has 0 unspecified atom stereocenters. The van der Waals surface area contributed by atoms with Crippen LogP contribution in [0.3, 0.4) is 0 Å². The minimum atomic E-state index is -0.873. The number of β-amino-alcohol motifs (C(OH)–C–C–N with tert-alkyl or cyclic N) is 1. The van der Waals surface area contributed by atoms with Gasteiger partial charge in [-0.3, -0.25) is 14.4 Å². The standard InChI is InChI=1S/C27H37N5O5S.ClH/c1-16-22(38-15-30-16)18-7-5-17(6-8-18)12-29-25(35)21-11-19(33)13-32(21)26(36)23(27(2,3)4)31-24(34)20-14-37-10-9-28-20;/h5-8,15,19-21,23,28,33H,9-14H2,1-4H3,(H,29,35)(H,31,34);1H/t19-,20+,21+,23-;/m1./s1. The van der Waals surface area contributed by atoms with Gasteiger partial charge in [-0.05, 0) is 23.5 Å². The Morgan fingerprint density at radius 1 is 1.23 bits per heavy atom. The van der Waals surface area contributed by atoms with Gasteiger partial charge in [0.2, 0.25) is 17.7 Å². The van der Waals surface area contributed by atoms with Crippen LogP contribution in [0.2, 0.25) is 0 Å². The summed E-state index contributed by atoms with van der Waals surface area (Å²) in [5.74, 6) is -1.04. The molecule has 0 bridgehead atoms. The molecule has 4 atom stereocenters. The van der Waals surface area contributed by atoms with Gasteiger partial charge >= 0.3 is 0 Å². The summed E-state index contributed by atoms with van der Waals surface area (Å²) in [6.45, 7) is 9.20. The molecule has 4 rings (SSSR count). The second kappa shape index (κ2) is 13.2. The van der Waals surface area contributed by atoms with Crippen molar-refractivity contribution < 1.29 is 24.2 Å². The van der Waals surface area contributed by atoms with E-state index in [0.29, 0.717) is 19.7 Å². The summed E-state index contributed by atoms with van der Waals surface area (Å²) in [5.41, 5.74) is 4.17. The van der Waals surface area contributed by atoms with E-state index in [1.54, 1.807) is 11.3 Å². The molecule has 2 aliphatic heterocycles. The molecule has 2 aliphatic rings. The third-order valence-corrected chi connectivity index (χ3v) is 7.91. The highest BCUT2D eigenvalue weighted by Gasteiger charge is 2.45. The Balaban J connectivity index is 0.00000420. The molecule has 2 fully saturated rings. The molecule has 0 spiro atoms. The van der Waals surface area contributed by atoms with Crippen LogP contribution in [0.1, 0.15) is 38.4 Å². The van der Waals surface area contributed by atoms with Crippen molar-refractivity contribution in [2.45, 2.75) is 64.9 Å². The molecule has 39 heavy (non-hydrogen) atoms. The number of carbonyl (C=O) groups is 3. The largest absolute Gasteiger partial charge is 0.391 e. The maximum Gasteiger partial charge on any atom is 0.246 e. The first-order valence-electron chi connectivity index (χ1n) is 12.9. The van der Waals surface area contributed by atoms with E-state index >= 15 is 0 Å². The van der Waals surface area contributed by atoms with Crippen LogP contribution in [0.15, 0.2) is 29.8 Å². The quantitative estimate of drug-likeness (QED) is 0.392. The number of carbonyl (C=O) groups excluding carboxylic acids is 3. The van der Waals surface area contributed by atoms with Gasteiger partial charge in [0.1, 0.15) is 18.1 Å². The smallest absolute Gasteiger partial charge is 0.246 e. The number of hydrogen-bond donors (Lipinski definition) is 4. The lowest BCUT2D eigenvalue weighted by Crippen LogP contribution is -2.61. The second-order valence-corrected chi connectivity index (χ2v) is 11.8. The molecule has 214 valence electrons. The number of nitrogens with zero attached hydrogens (tertiary/aromatic N) is 2. The van der Waals surface area contributed by atoms with Crippen molar-refractivity contribution in [3.8, 4) is 10.4 Å². The molecule has 12 heteroatoms. The number of benzene rings is 1. The van der Waals surface area contributed by atoms with Gasteiger partial charge in [-0.25, -0.2) is 4.98 Å². The molecule has 0 aliphatic carbocycles. The molecule has 3 heterocycles. The lowest BCUT2D eigenvalue weighted by atomic mass is 9.85. The maximum absolute atomic E-state index is 13.7. The van der Waals surface area contributed by atoms with E-state index in [-0.39, 0.29) is 49.7 Å². The first-order chi connectivity index (χ1) is 18.0. The molecule has 1 aromatic carbocycles. The summed E-state index contributed by atoms with van der Waals surface area (Å²) in [6.07, 6.45) is -0.675. The zero-order chi connectivity index (χ0) is 27.4. The Morgan fingerprint density at radius 2 is 1.95 bits per heavy atom. The van der Waals surface area contributed by atoms with Crippen LogP contribution < -0.4 is 16.0 Å². The van der Waals surface area contributed by atoms with Crippen LogP contribution in [-0.2, 0) is 25.7 Å². The number of aromatic nitrogens is 1. The highest BCUT2D eigenvalue weighted by molar-refractivity contribution is 7.13. The Kier molecular flexibility index (Phi) is 10.5. The van der Waals surface area contributed by atoms with Crippen LogP contribution >= 0.6 is 23.7 Å². The van der Waals surface area contributed by atoms with E-state index < -0.39 is 29.6 Å². The van der Waals surface area contributed by atoms with Crippen LogP contribution in [0, 0.1) is 12.3 Å². The van der Waals surface area contributed by atoms with Gasteiger partial charge in [0.05, 0.1) is 35.4 Å². The van der Waals surface area contributed by atoms with Crippen molar-refractivity contribution in [1.82, 2.24) is 25.8 Å².